The third-order valence-electron chi connectivity index (χ3n) is 6.71. The summed E-state index contributed by atoms with van der Waals surface area (Å²) < 4.78 is 1.53. The number of benzene rings is 1. The van der Waals surface area contributed by atoms with Crippen molar-refractivity contribution in [1.82, 2.24) is 34.8 Å². The van der Waals surface area contributed by atoms with Crippen molar-refractivity contribution >= 4 is 23.4 Å². The average molecular weight is 469 g/mol. The molecule has 10 heteroatoms. The van der Waals surface area contributed by atoms with Crippen molar-refractivity contribution in [2.45, 2.75) is 19.3 Å². The van der Waals surface area contributed by atoms with Gasteiger partial charge in [0, 0.05) is 31.7 Å². The second-order valence-electron chi connectivity index (χ2n) is 9.11. The molecule has 35 heavy (non-hydrogen) atoms. The van der Waals surface area contributed by atoms with Crippen LogP contribution in [0.15, 0.2) is 48.7 Å². The van der Waals surface area contributed by atoms with Crippen LogP contribution in [0.2, 0.25) is 0 Å². The molecule has 0 radical (unpaired) electrons. The highest BCUT2D eigenvalue weighted by Gasteiger charge is 2.19. The zero-order chi connectivity index (χ0) is 23.8. The van der Waals surface area contributed by atoms with E-state index in [1.165, 1.54) is 10.2 Å². The number of hydrogen-bond donors (Lipinski definition) is 2. The summed E-state index contributed by atoms with van der Waals surface area (Å²) in [7, 11) is 2.14. The molecule has 0 unspecified atom stereocenters. The van der Waals surface area contributed by atoms with Gasteiger partial charge in [-0.2, -0.15) is 9.67 Å². The number of aryl methyl sites for hydroxylation is 2. The minimum atomic E-state index is 0.248. The van der Waals surface area contributed by atoms with E-state index in [0.29, 0.717) is 11.8 Å². The highest BCUT2D eigenvalue weighted by Crippen LogP contribution is 2.31. The highest BCUT2D eigenvalue weighted by molar-refractivity contribution is 5.68. The summed E-state index contributed by atoms with van der Waals surface area (Å²) >= 11 is 0. The second-order valence-corrected chi connectivity index (χ2v) is 9.11. The third-order valence-corrected chi connectivity index (χ3v) is 6.71. The summed E-state index contributed by atoms with van der Waals surface area (Å²) in [5.41, 5.74) is 11.5. The Morgan fingerprint density at radius 1 is 0.914 bits per heavy atom. The summed E-state index contributed by atoms with van der Waals surface area (Å²) in [6, 6.07) is 14.4. The van der Waals surface area contributed by atoms with Gasteiger partial charge in [0.1, 0.15) is 5.82 Å². The van der Waals surface area contributed by atoms with Crippen LogP contribution in [0.4, 0.5) is 23.4 Å². The van der Waals surface area contributed by atoms with Gasteiger partial charge in [0.15, 0.2) is 5.82 Å². The number of aromatic nitrogens is 6. The molecule has 1 aliphatic heterocycles. The van der Waals surface area contributed by atoms with E-state index in [2.05, 4.69) is 65.6 Å². The molecule has 178 valence electrons. The molecule has 4 aromatic rings. The predicted octanol–water partition coefficient (Wildman–Crippen LogP) is 2.69. The minimum Gasteiger partial charge on any atom is -0.368 e. The lowest BCUT2D eigenvalue weighted by atomic mass is 10.0. The SMILES string of the molecule is CN1CCN(c2ccc(Nc3nc(N)n(-c4cc5c(nn4)-c4ccccc4CCC5)n3)cn2)CC1. The molecule has 2 aliphatic rings. The average Bonchev–Trinajstić information content (AvgIpc) is 3.14. The van der Waals surface area contributed by atoms with Gasteiger partial charge in [0.25, 0.3) is 0 Å². The van der Waals surface area contributed by atoms with E-state index in [1.807, 2.05) is 24.3 Å². The van der Waals surface area contributed by atoms with Crippen molar-refractivity contribution in [3.63, 3.8) is 0 Å². The van der Waals surface area contributed by atoms with Gasteiger partial charge < -0.3 is 20.9 Å². The molecule has 10 nitrogen and oxygen atoms in total. The van der Waals surface area contributed by atoms with Crippen LogP contribution in [0.3, 0.4) is 0 Å². The molecule has 1 fully saturated rings. The van der Waals surface area contributed by atoms with Crippen LogP contribution < -0.4 is 16.0 Å². The molecule has 1 saturated heterocycles. The lowest BCUT2D eigenvalue weighted by molar-refractivity contribution is 0.312. The summed E-state index contributed by atoms with van der Waals surface area (Å²) in [5, 5.41) is 16.7. The molecule has 1 aromatic carbocycles. The first-order valence-corrected chi connectivity index (χ1v) is 12.0. The fraction of sp³-hybridized carbons (Fsp3) is 0.320. The summed E-state index contributed by atoms with van der Waals surface area (Å²) in [6.07, 6.45) is 4.82. The van der Waals surface area contributed by atoms with Crippen LogP contribution in [0.25, 0.3) is 17.1 Å². The van der Waals surface area contributed by atoms with Crippen LogP contribution >= 0.6 is 0 Å². The van der Waals surface area contributed by atoms with Gasteiger partial charge in [-0.1, -0.05) is 24.3 Å². The number of nitrogen functional groups attached to an aromatic ring is 1. The van der Waals surface area contributed by atoms with Crippen LogP contribution in [-0.4, -0.2) is 68.1 Å². The zero-order valence-electron chi connectivity index (χ0n) is 19.7. The van der Waals surface area contributed by atoms with E-state index >= 15 is 0 Å². The Kier molecular flexibility index (Phi) is 5.49. The number of pyridine rings is 1. The van der Waals surface area contributed by atoms with Crippen molar-refractivity contribution in [2.24, 2.45) is 0 Å². The van der Waals surface area contributed by atoms with Gasteiger partial charge in [-0.25, -0.2) is 4.98 Å². The third kappa shape index (κ3) is 4.28. The van der Waals surface area contributed by atoms with E-state index in [0.717, 1.165) is 73.8 Å². The molecule has 4 heterocycles. The number of nitrogens with two attached hydrogens (primary N) is 1. The largest absolute Gasteiger partial charge is 0.368 e. The van der Waals surface area contributed by atoms with E-state index in [9.17, 15) is 0 Å². The molecular weight excluding hydrogens is 440 g/mol. The Bertz CT molecular complexity index is 1340. The Morgan fingerprint density at radius 2 is 1.74 bits per heavy atom. The van der Waals surface area contributed by atoms with E-state index < -0.39 is 0 Å². The Balaban J connectivity index is 1.21. The monoisotopic (exact) mass is 468 g/mol. The van der Waals surface area contributed by atoms with E-state index in [4.69, 9.17) is 5.73 Å². The van der Waals surface area contributed by atoms with Crippen LogP contribution in [-0.2, 0) is 12.8 Å². The number of rotatable bonds is 4. The number of likely N-dealkylation sites (N-methyl/N-ethyl adjacent to an activating group) is 1. The fourth-order valence-electron chi connectivity index (χ4n) is 4.74. The minimum absolute atomic E-state index is 0.248. The number of nitrogens with zero attached hydrogens (tertiary/aromatic N) is 8. The first-order valence-electron chi connectivity index (χ1n) is 12.0. The molecular formula is C25H28N10. The number of hydrogen-bond acceptors (Lipinski definition) is 9. The quantitative estimate of drug-likeness (QED) is 0.466. The summed E-state index contributed by atoms with van der Waals surface area (Å²) in [5.74, 6) is 2.17. The van der Waals surface area contributed by atoms with Gasteiger partial charge >= 0.3 is 0 Å². The number of anilines is 4. The molecule has 3 aromatic heterocycles. The Morgan fingerprint density at radius 3 is 2.57 bits per heavy atom. The van der Waals surface area contributed by atoms with E-state index in [-0.39, 0.29) is 5.95 Å². The standard InChI is InChI=1S/C25H28N10/c1-33-11-13-34(14-12-33)21-10-9-19(16-27-21)28-25-29-24(26)35(32-25)22-15-18-7-4-6-17-5-2-3-8-20(17)23(18)31-30-22/h2-3,5,8-10,15-16H,4,6-7,11-14H2,1H3,(H3,26,28,29,32). The molecule has 6 rings (SSSR count). The normalized spacial score (nSPS) is 15.9. The van der Waals surface area contributed by atoms with Crippen LogP contribution in [0, 0.1) is 0 Å². The number of piperazine rings is 1. The smallest absolute Gasteiger partial charge is 0.248 e. The van der Waals surface area contributed by atoms with Crippen molar-refractivity contribution in [2.75, 3.05) is 49.2 Å². The molecule has 0 atom stereocenters. The van der Waals surface area contributed by atoms with Gasteiger partial charge in [-0.3, -0.25) is 0 Å². The van der Waals surface area contributed by atoms with Crippen molar-refractivity contribution < 1.29 is 0 Å². The van der Waals surface area contributed by atoms with E-state index in [1.54, 1.807) is 6.20 Å². The van der Waals surface area contributed by atoms with Crippen molar-refractivity contribution in [1.29, 1.82) is 0 Å². The molecule has 0 spiro atoms. The summed E-state index contributed by atoms with van der Waals surface area (Å²) in [4.78, 5) is 13.6. The Labute approximate surface area is 203 Å². The Hall–Kier alpha value is -4.05. The van der Waals surface area contributed by atoms with Gasteiger partial charge in [0.05, 0.1) is 17.6 Å². The first kappa shape index (κ1) is 21.5. The maximum absolute atomic E-state index is 6.20. The lowest BCUT2D eigenvalue weighted by Gasteiger charge is -2.33. The van der Waals surface area contributed by atoms with Gasteiger partial charge in [-0.05, 0) is 55.6 Å². The lowest BCUT2D eigenvalue weighted by Crippen LogP contribution is -2.44. The maximum atomic E-state index is 6.20. The second kappa shape index (κ2) is 8.95. The molecule has 0 bridgehead atoms. The van der Waals surface area contributed by atoms with Crippen molar-refractivity contribution in [3.05, 3.63) is 59.8 Å². The maximum Gasteiger partial charge on any atom is 0.248 e. The molecule has 0 amide bonds. The first-order chi connectivity index (χ1) is 17.1. The molecule has 1 aliphatic carbocycles. The van der Waals surface area contributed by atoms with Crippen LogP contribution in [0.1, 0.15) is 17.5 Å². The number of nitrogens with one attached hydrogen (secondary N) is 1. The zero-order valence-corrected chi connectivity index (χ0v) is 19.7. The predicted molar refractivity (Wildman–Crippen MR) is 136 cm³/mol. The molecule has 0 saturated carbocycles. The van der Waals surface area contributed by atoms with Gasteiger partial charge in [0.2, 0.25) is 11.9 Å². The fourth-order valence-corrected chi connectivity index (χ4v) is 4.74. The van der Waals surface area contributed by atoms with Crippen molar-refractivity contribution in [3.8, 4) is 17.1 Å². The number of fused-ring (bicyclic) bond motifs is 3. The highest BCUT2D eigenvalue weighted by atomic mass is 15.4. The van der Waals surface area contributed by atoms with Crippen LogP contribution in [0.5, 0.6) is 0 Å². The molecule has 3 N–H and O–H groups in total. The topological polar surface area (TPSA) is 114 Å². The summed E-state index contributed by atoms with van der Waals surface area (Å²) in [6.45, 7) is 4.04. The van der Waals surface area contributed by atoms with Gasteiger partial charge in [-0.15, -0.1) is 15.3 Å².